The summed E-state index contributed by atoms with van der Waals surface area (Å²) in [4.78, 5) is 2.50. The third-order valence-electron chi connectivity index (χ3n) is 2.77. The maximum atomic E-state index is 11.9. The van der Waals surface area contributed by atoms with Crippen LogP contribution in [0.3, 0.4) is 0 Å². The Balaban J connectivity index is 2.67. The minimum atomic E-state index is -3.07. The van der Waals surface area contributed by atoms with E-state index in [1.54, 1.807) is 6.07 Å². The number of aryl methyl sites for hydroxylation is 1. The van der Waals surface area contributed by atoms with E-state index >= 15 is 0 Å². The van der Waals surface area contributed by atoms with Crippen LogP contribution in [0, 0.1) is 6.92 Å². The van der Waals surface area contributed by atoms with Gasteiger partial charge in [0, 0.05) is 13.6 Å². The first-order chi connectivity index (χ1) is 7.00. The average Bonchev–Trinajstić information content (AvgIpc) is 2.25. The predicted octanol–water partition coefficient (Wildman–Crippen LogP) is 1.61. The SMILES string of the molecule is Cc1ccc2c(c1)N(C)CCCS2(=O)=O. The van der Waals surface area contributed by atoms with E-state index < -0.39 is 9.84 Å². The van der Waals surface area contributed by atoms with Crippen LogP contribution in [-0.4, -0.2) is 27.8 Å². The van der Waals surface area contributed by atoms with Gasteiger partial charge in [-0.05, 0) is 31.0 Å². The lowest BCUT2D eigenvalue weighted by Gasteiger charge is -2.18. The zero-order valence-electron chi connectivity index (χ0n) is 9.03. The van der Waals surface area contributed by atoms with Crippen molar-refractivity contribution < 1.29 is 8.42 Å². The Kier molecular flexibility index (Phi) is 2.46. The van der Waals surface area contributed by atoms with E-state index in [-0.39, 0.29) is 5.75 Å². The van der Waals surface area contributed by atoms with Gasteiger partial charge in [0.2, 0.25) is 0 Å². The lowest BCUT2D eigenvalue weighted by Crippen LogP contribution is -2.17. The molecular formula is C11H15NO2S. The number of hydrogen-bond acceptors (Lipinski definition) is 3. The highest BCUT2D eigenvalue weighted by Crippen LogP contribution is 2.29. The normalized spacial score (nSPS) is 19.5. The molecule has 0 saturated heterocycles. The van der Waals surface area contributed by atoms with E-state index in [4.69, 9.17) is 0 Å². The summed E-state index contributed by atoms with van der Waals surface area (Å²) < 4.78 is 23.8. The number of sulfone groups is 1. The van der Waals surface area contributed by atoms with Crippen LogP contribution in [-0.2, 0) is 9.84 Å². The van der Waals surface area contributed by atoms with Gasteiger partial charge in [0.1, 0.15) is 0 Å². The Morgan fingerprint density at radius 1 is 1.33 bits per heavy atom. The minimum absolute atomic E-state index is 0.257. The van der Waals surface area contributed by atoms with Crippen molar-refractivity contribution in [2.24, 2.45) is 0 Å². The van der Waals surface area contributed by atoms with Crippen molar-refractivity contribution in [3.8, 4) is 0 Å². The molecule has 1 aromatic rings. The Hall–Kier alpha value is -1.03. The standard InChI is InChI=1S/C11H15NO2S/c1-9-4-5-11-10(8-9)12(2)6-3-7-15(11,13)14/h4-5,8H,3,6-7H2,1-2H3. The van der Waals surface area contributed by atoms with Crippen molar-refractivity contribution in [1.29, 1.82) is 0 Å². The second-order valence-electron chi connectivity index (χ2n) is 4.07. The third kappa shape index (κ3) is 1.86. The van der Waals surface area contributed by atoms with Crippen molar-refractivity contribution in [3.63, 3.8) is 0 Å². The first-order valence-corrected chi connectivity index (χ1v) is 6.70. The fourth-order valence-corrected chi connectivity index (χ4v) is 3.45. The molecule has 3 nitrogen and oxygen atoms in total. The monoisotopic (exact) mass is 225 g/mol. The van der Waals surface area contributed by atoms with Gasteiger partial charge in [0.05, 0.1) is 16.3 Å². The van der Waals surface area contributed by atoms with Gasteiger partial charge in [-0.3, -0.25) is 0 Å². The van der Waals surface area contributed by atoms with Gasteiger partial charge in [0.15, 0.2) is 9.84 Å². The number of rotatable bonds is 0. The molecule has 0 bridgehead atoms. The summed E-state index contributed by atoms with van der Waals surface area (Å²) in [5, 5.41) is 0. The molecule has 2 rings (SSSR count). The Morgan fingerprint density at radius 2 is 2.07 bits per heavy atom. The van der Waals surface area contributed by atoms with E-state index in [9.17, 15) is 8.42 Å². The molecule has 0 spiro atoms. The summed E-state index contributed by atoms with van der Waals surface area (Å²) in [6.07, 6.45) is 0.701. The van der Waals surface area contributed by atoms with Crippen molar-refractivity contribution in [1.82, 2.24) is 0 Å². The van der Waals surface area contributed by atoms with Crippen LogP contribution in [0.25, 0.3) is 0 Å². The summed E-state index contributed by atoms with van der Waals surface area (Å²) in [5.74, 6) is 0.257. The van der Waals surface area contributed by atoms with Crippen molar-refractivity contribution in [2.45, 2.75) is 18.2 Å². The van der Waals surface area contributed by atoms with Gasteiger partial charge in [-0.15, -0.1) is 0 Å². The molecule has 0 saturated carbocycles. The number of fused-ring (bicyclic) bond motifs is 1. The fourth-order valence-electron chi connectivity index (χ4n) is 1.91. The number of anilines is 1. The molecule has 4 heteroatoms. The van der Waals surface area contributed by atoms with E-state index in [1.807, 2.05) is 31.0 Å². The quantitative estimate of drug-likeness (QED) is 0.673. The summed E-state index contributed by atoms with van der Waals surface area (Å²) in [7, 11) is -1.13. The molecule has 1 aliphatic rings. The molecule has 1 aliphatic heterocycles. The van der Waals surface area contributed by atoms with Crippen LogP contribution in [0.4, 0.5) is 5.69 Å². The van der Waals surface area contributed by atoms with Crippen LogP contribution in [0.15, 0.2) is 23.1 Å². The molecule has 1 aromatic carbocycles. The summed E-state index contributed by atoms with van der Waals surface area (Å²) >= 11 is 0. The van der Waals surface area contributed by atoms with Crippen molar-refractivity contribution in [3.05, 3.63) is 23.8 Å². The van der Waals surface area contributed by atoms with Crippen LogP contribution in [0.5, 0.6) is 0 Å². The van der Waals surface area contributed by atoms with Crippen molar-refractivity contribution in [2.75, 3.05) is 24.2 Å². The lowest BCUT2D eigenvalue weighted by atomic mass is 10.2. The molecule has 0 atom stereocenters. The van der Waals surface area contributed by atoms with Gasteiger partial charge in [-0.1, -0.05) is 6.07 Å². The lowest BCUT2D eigenvalue weighted by molar-refractivity contribution is 0.596. The number of hydrogen-bond donors (Lipinski definition) is 0. The third-order valence-corrected chi connectivity index (χ3v) is 4.61. The second kappa shape index (κ2) is 3.52. The molecule has 0 fully saturated rings. The zero-order chi connectivity index (χ0) is 11.1. The summed E-state index contributed by atoms with van der Waals surface area (Å²) in [6, 6.07) is 5.52. The topological polar surface area (TPSA) is 37.4 Å². The molecule has 0 aromatic heterocycles. The molecule has 0 aliphatic carbocycles. The van der Waals surface area contributed by atoms with Crippen LogP contribution >= 0.6 is 0 Å². The van der Waals surface area contributed by atoms with E-state index in [0.29, 0.717) is 11.3 Å². The summed E-state index contributed by atoms with van der Waals surface area (Å²) in [6.45, 7) is 2.78. The second-order valence-corrected chi connectivity index (χ2v) is 6.14. The Bertz CT molecular complexity index is 479. The van der Waals surface area contributed by atoms with Crippen LogP contribution in [0.1, 0.15) is 12.0 Å². The highest BCUT2D eigenvalue weighted by atomic mass is 32.2. The molecule has 0 amide bonds. The fraction of sp³-hybridized carbons (Fsp3) is 0.455. The van der Waals surface area contributed by atoms with Gasteiger partial charge in [-0.2, -0.15) is 0 Å². The minimum Gasteiger partial charge on any atom is -0.374 e. The molecular weight excluding hydrogens is 210 g/mol. The summed E-state index contributed by atoms with van der Waals surface area (Å²) in [5.41, 5.74) is 1.94. The van der Waals surface area contributed by atoms with Gasteiger partial charge < -0.3 is 4.90 Å². The number of nitrogens with zero attached hydrogens (tertiary/aromatic N) is 1. The first-order valence-electron chi connectivity index (χ1n) is 5.05. The zero-order valence-corrected chi connectivity index (χ0v) is 9.84. The van der Waals surface area contributed by atoms with E-state index in [1.165, 1.54) is 0 Å². The van der Waals surface area contributed by atoms with Crippen LogP contribution < -0.4 is 4.90 Å². The molecule has 0 radical (unpaired) electrons. The van der Waals surface area contributed by atoms with Gasteiger partial charge >= 0.3 is 0 Å². The maximum Gasteiger partial charge on any atom is 0.180 e. The largest absolute Gasteiger partial charge is 0.374 e. The average molecular weight is 225 g/mol. The molecule has 0 N–H and O–H groups in total. The highest BCUT2D eigenvalue weighted by Gasteiger charge is 2.23. The van der Waals surface area contributed by atoms with E-state index in [2.05, 4.69) is 0 Å². The van der Waals surface area contributed by atoms with Crippen molar-refractivity contribution >= 4 is 15.5 Å². The van der Waals surface area contributed by atoms with Crippen LogP contribution in [0.2, 0.25) is 0 Å². The highest BCUT2D eigenvalue weighted by molar-refractivity contribution is 7.91. The molecule has 1 heterocycles. The molecule has 82 valence electrons. The number of benzene rings is 1. The Morgan fingerprint density at radius 3 is 2.80 bits per heavy atom. The predicted molar refractivity (Wildman–Crippen MR) is 61.1 cm³/mol. The first kappa shape index (κ1) is 10.5. The van der Waals surface area contributed by atoms with Gasteiger partial charge in [0.25, 0.3) is 0 Å². The molecule has 0 unspecified atom stereocenters. The molecule has 15 heavy (non-hydrogen) atoms. The smallest absolute Gasteiger partial charge is 0.180 e. The van der Waals surface area contributed by atoms with E-state index in [0.717, 1.165) is 17.8 Å². The maximum absolute atomic E-state index is 11.9. The van der Waals surface area contributed by atoms with Gasteiger partial charge in [-0.25, -0.2) is 8.42 Å². The Labute approximate surface area is 90.6 Å².